The fourth-order valence-corrected chi connectivity index (χ4v) is 5.55. The van der Waals surface area contributed by atoms with Gasteiger partial charge in [-0.2, -0.15) is 13.2 Å². The number of amides is 2. The number of aromatic hydroxyl groups is 1. The Morgan fingerprint density at radius 1 is 0.921 bits per heavy atom. The summed E-state index contributed by atoms with van der Waals surface area (Å²) in [5, 5.41) is 23.0. The number of nitrogens with zero attached hydrogens (tertiary/aromatic N) is 1. The lowest BCUT2D eigenvalue weighted by atomic mass is 9.76. The van der Waals surface area contributed by atoms with E-state index in [2.05, 4.69) is 5.32 Å². The van der Waals surface area contributed by atoms with Crippen LogP contribution in [-0.2, 0) is 33.5 Å². The molecule has 4 atom stereocenters. The van der Waals surface area contributed by atoms with E-state index < -0.39 is 52.9 Å². The lowest BCUT2D eigenvalue weighted by Crippen LogP contribution is -2.57. The molecule has 0 aromatic heterocycles. The largest absolute Gasteiger partial charge is 0.508 e. The van der Waals surface area contributed by atoms with Crippen molar-refractivity contribution in [1.29, 1.82) is 0 Å². The number of alkyl halides is 3. The van der Waals surface area contributed by atoms with Gasteiger partial charge in [0.1, 0.15) is 11.3 Å². The molecule has 2 aliphatic rings. The zero-order chi connectivity index (χ0) is 27.2. The van der Waals surface area contributed by atoms with Gasteiger partial charge in [-0.1, -0.05) is 54.6 Å². The summed E-state index contributed by atoms with van der Waals surface area (Å²) < 4.78 is 40.5. The number of aliphatic carboxylic acids is 1. The van der Waals surface area contributed by atoms with Crippen LogP contribution in [0.25, 0.3) is 0 Å². The number of nitrogens with one attached hydrogen (secondary N) is 1. The third kappa shape index (κ3) is 4.30. The number of likely N-dealkylation sites (tertiary alicyclic amines) is 1. The highest BCUT2D eigenvalue weighted by molar-refractivity contribution is 6.09. The predicted molar refractivity (Wildman–Crippen MR) is 128 cm³/mol. The molecule has 5 rings (SSSR count). The molecular formula is C28H23F3N2O5. The number of carbonyl (C=O) groups is 3. The number of carboxylic acids is 1. The first kappa shape index (κ1) is 25.5. The van der Waals surface area contributed by atoms with E-state index in [1.165, 1.54) is 36.4 Å². The fraction of sp³-hybridized carbons (Fsp3) is 0.250. The van der Waals surface area contributed by atoms with Gasteiger partial charge in [0, 0.05) is 12.5 Å². The van der Waals surface area contributed by atoms with Crippen LogP contribution in [-0.4, -0.2) is 38.4 Å². The molecule has 10 heteroatoms. The molecule has 3 N–H and O–H groups in total. The van der Waals surface area contributed by atoms with E-state index in [1.54, 1.807) is 30.3 Å². The second-order valence-electron chi connectivity index (χ2n) is 9.62. The predicted octanol–water partition coefficient (Wildman–Crippen LogP) is 3.92. The van der Waals surface area contributed by atoms with Gasteiger partial charge in [0.05, 0.1) is 23.9 Å². The van der Waals surface area contributed by atoms with Crippen molar-refractivity contribution in [2.24, 2.45) is 11.8 Å². The molecule has 38 heavy (non-hydrogen) atoms. The van der Waals surface area contributed by atoms with E-state index in [4.69, 9.17) is 0 Å². The number of carbonyl (C=O) groups excluding carboxylic acids is 2. The number of hydrogen-bond acceptors (Lipinski definition) is 5. The Hall–Kier alpha value is -4.18. The second kappa shape index (κ2) is 9.29. The van der Waals surface area contributed by atoms with Crippen molar-refractivity contribution in [3.63, 3.8) is 0 Å². The third-order valence-electron chi connectivity index (χ3n) is 7.30. The van der Waals surface area contributed by atoms with Gasteiger partial charge in [-0.05, 0) is 41.0 Å². The van der Waals surface area contributed by atoms with Crippen LogP contribution < -0.4 is 5.32 Å². The maximum Gasteiger partial charge on any atom is 0.416 e. The molecular weight excluding hydrogens is 501 g/mol. The fourth-order valence-electron chi connectivity index (χ4n) is 5.55. The molecule has 4 unspecified atom stereocenters. The van der Waals surface area contributed by atoms with Crippen LogP contribution in [0, 0.1) is 11.8 Å². The summed E-state index contributed by atoms with van der Waals surface area (Å²) in [4.78, 5) is 41.3. The summed E-state index contributed by atoms with van der Waals surface area (Å²) in [6.45, 7) is -0.0876. The van der Waals surface area contributed by atoms with Gasteiger partial charge in [-0.3, -0.25) is 24.6 Å². The highest BCUT2D eigenvalue weighted by Gasteiger charge is 2.68. The van der Waals surface area contributed by atoms with Crippen LogP contribution in [0.5, 0.6) is 5.75 Å². The average molecular weight is 524 g/mol. The monoisotopic (exact) mass is 524 g/mol. The number of fused-ring (bicyclic) bond motifs is 1. The number of phenolic OH excluding ortho intramolecular Hbond substituents is 1. The molecule has 3 aromatic rings. The molecule has 7 nitrogen and oxygen atoms in total. The number of rotatable bonds is 6. The molecule has 0 aliphatic carbocycles. The van der Waals surface area contributed by atoms with E-state index in [1.807, 2.05) is 0 Å². The quantitative estimate of drug-likeness (QED) is 0.422. The Morgan fingerprint density at radius 2 is 1.61 bits per heavy atom. The van der Waals surface area contributed by atoms with E-state index >= 15 is 0 Å². The molecule has 2 fully saturated rings. The standard InChI is InChI=1S/C28H23F3N2O5/c29-28(30,31)19-8-4-7-18(13-19)23-21-22(25(36)33(24(21)35)15-17-5-2-1-3-6-17)27(32-23,26(37)38)14-16-9-11-20(34)12-10-16/h1-13,21-23,32,34H,14-15H2,(H,37,38). The van der Waals surface area contributed by atoms with Gasteiger partial charge in [-0.25, -0.2) is 0 Å². The Morgan fingerprint density at radius 3 is 2.24 bits per heavy atom. The molecule has 0 bridgehead atoms. The van der Waals surface area contributed by atoms with E-state index in [-0.39, 0.29) is 24.3 Å². The lowest BCUT2D eigenvalue weighted by Gasteiger charge is -2.31. The maximum atomic E-state index is 13.8. The first-order valence-electron chi connectivity index (χ1n) is 11.9. The zero-order valence-corrected chi connectivity index (χ0v) is 19.9. The molecule has 2 aliphatic heterocycles. The van der Waals surface area contributed by atoms with Gasteiger partial charge in [-0.15, -0.1) is 0 Å². The van der Waals surface area contributed by atoms with Crippen molar-refractivity contribution in [3.8, 4) is 5.75 Å². The lowest BCUT2D eigenvalue weighted by molar-refractivity contribution is -0.151. The highest BCUT2D eigenvalue weighted by atomic mass is 19.4. The molecule has 0 radical (unpaired) electrons. The van der Waals surface area contributed by atoms with E-state index in [0.717, 1.165) is 17.0 Å². The van der Waals surface area contributed by atoms with Crippen molar-refractivity contribution in [1.82, 2.24) is 10.2 Å². The summed E-state index contributed by atoms with van der Waals surface area (Å²) >= 11 is 0. The van der Waals surface area contributed by atoms with Crippen molar-refractivity contribution in [3.05, 3.63) is 101 Å². The summed E-state index contributed by atoms with van der Waals surface area (Å²) in [6, 6.07) is 17.6. The molecule has 0 saturated carbocycles. The van der Waals surface area contributed by atoms with Crippen LogP contribution in [0.15, 0.2) is 78.9 Å². The Labute approximate surface area is 215 Å². The minimum absolute atomic E-state index is 0.0432. The van der Waals surface area contributed by atoms with Crippen LogP contribution in [0.4, 0.5) is 13.2 Å². The van der Waals surface area contributed by atoms with Gasteiger partial charge >= 0.3 is 12.1 Å². The van der Waals surface area contributed by atoms with Gasteiger partial charge < -0.3 is 10.2 Å². The summed E-state index contributed by atoms with van der Waals surface area (Å²) in [5.74, 6) is -5.40. The van der Waals surface area contributed by atoms with Gasteiger partial charge in [0.25, 0.3) is 0 Å². The molecule has 0 spiro atoms. The van der Waals surface area contributed by atoms with E-state index in [9.17, 15) is 37.8 Å². The maximum absolute atomic E-state index is 13.8. The van der Waals surface area contributed by atoms with Crippen molar-refractivity contribution in [2.45, 2.75) is 30.7 Å². The molecule has 2 amide bonds. The normalized spacial score (nSPS) is 25.0. The highest BCUT2D eigenvalue weighted by Crippen LogP contribution is 2.50. The topological polar surface area (TPSA) is 107 Å². The summed E-state index contributed by atoms with van der Waals surface area (Å²) in [5.41, 5.74) is -1.76. The number of hydrogen-bond donors (Lipinski definition) is 3. The third-order valence-corrected chi connectivity index (χ3v) is 7.30. The minimum atomic E-state index is -4.65. The van der Waals surface area contributed by atoms with Crippen molar-refractivity contribution in [2.75, 3.05) is 0 Å². The first-order valence-corrected chi connectivity index (χ1v) is 11.9. The molecule has 2 saturated heterocycles. The molecule has 3 aromatic carbocycles. The van der Waals surface area contributed by atoms with Crippen LogP contribution in [0.3, 0.4) is 0 Å². The van der Waals surface area contributed by atoms with Crippen LogP contribution in [0.2, 0.25) is 0 Å². The first-order chi connectivity index (χ1) is 18.0. The van der Waals surface area contributed by atoms with Crippen molar-refractivity contribution < 1.29 is 37.8 Å². The average Bonchev–Trinajstić information content (AvgIpc) is 3.35. The molecule has 196 valence electrons. The smallest absolute Gasteiger partial charge is 0.416 e. The second-order valence-corrected chi connectivity index (χ2v) is 9.62. The number of benzene rings is 3. The number of carboxylic acid groups (broad SMARTS) is 1. The Balaban J connectivity index is 1.62. The van der Waals surface area contributed by atoms with Crippen LogP contribution >= 0.6 is 0 Å². The van der Waals surface area contributed by atoms with Crippen LogP contribution in [0.1, 0.15) is 28.3 Å². The summed E-state index contributed by atoms with van der Waals surface area (Å²) in [6.07, 6.45) is -4.89. The SMILES string of the molecule is O=C1C2C(c3cccc(C(F)(F)F)c3)NC(Cc3ccc(O)cc3)(C(=O)O)C2C(=O)N1Cc1ccccc1. The summed E-state index contributed by atoms with van der Waals surface area (Å²) in [7, 11) is 0. The van der Waals surface area contributed by atoms with E-state index in [0.29, 0.717) is 11.1 Å². The van der Waals surface area contributed by atoms with Gasteiger partial charge in [0.2, 0.25) is 11.8 Å². The number of imide groups is 1. The molecule has 2 heterocycles. The minimum Gasteiger partial charge on any atom is -0.508 e. The Kier molecular flexibility index (Phi) is 6.22. The number of halogens is 3. The Bertz CT molecular complexity index is 1390. The van der Waals surface area contributed by atoms with Crippen molar-refractivity contribution >= 4 is 17.8 Å². The van der Waals surface area contributed by atoms with Gasteiger partial charge in [0.15, 0.2) is 0 Å². The zero-order valence-electron chi connectivity index (χ0n) is 19.9. The number of phenols is 1.